The van der Waals surface area contributed by atoms with Gasteiger partial charge in [0.1, 0.15) is 11.5 Å². The molecule has 0 saturated heterocycles. The molecule has 1 heterocycles. The Kier molecular flexibility index (Phi) is 3.82. The van der Waals surface area contributed by atoms with Gasteiger partial charge in [-0.15, -0.1) is 0 Å². The van der Waals surface area contributed by atoms with E-state index in [1.165, 1.54) is 12.1 Å². The molecule has 3 aromatic rings. The molecule has 6 heteroatoms. The van der Waals surface area contributed by atoms with E-state index in [1.807, 2.05) is 18.2 Å². The molecule has 118 valence electrons. The van der Waals surface area contributed by atoms with E-state index in [1.54, 1.807) is 19.3 Å². The highest BCUT2D eigenvalue weighted by Gasteiger charge is 2.30. The average molecular weight is 318 g/mol. The predicted molar refractivity (Wildman–Crippen MR) is 82.8 cm³/mol. The topological polar surface area (TPSA) is 34.1 Å². The lowest BCUT2D eigenvalue weighted by molar-refractivity contribution is -0.137. The first-order valence-corrected chi connectivity index (χ1v) is 6.89. The van der Waals surface area contributed by atoms with Crippen molar-refractivity contribution in [2.24, 2.45) is 0 Å². The number of para-hydroxylation sites is 1. The van der Waals surface area contributed by atoms with Gasteiger partial charge in [0, 0.05) is 18.6 Å². The summed E-state index contributed by atoms with van der Waals surface area (Å²) in [7, 11) is 1.79. The van der Waals surface area contributed by atoms with Crippen LogP contribution in [0.3, 0.4) is 0 Å². The number of nitrogens with one attached hydrogen (secondary N) is 1. The van der Waals surface area contributed by atoms with Crippen LogP contribution in [0.1, 0.15) is 5.56 Å². The number of ether oxygens (including phenoxy) is 1. The standard InChI is InChI=1S/C17H13F3N2O/c1-21-14-4-2-3-13-15(9-10-22-16(13)14)23-12-7-5-11(6-8-12)17(18,19)20/h2-10,21H,1H3. The van der Waals surface area contributed by atoms with Crippen LogP contribution in [0.25, 0.3) is 10.9 Å². The molecule has 0 bridgehead atoms. The number of alkyl halides is 3. The lowest BCUT2D eigenvalue weighted by Crippen LogP contribution is -2.04. The van der Waals surface area contributed by atoms with Gasteiger partial charge < -0.3 is 10.1 Å². The maximum Gasteiger partial charge on any atom is 0.416 e. The second kappa shape index (κ2) is 5.79. The van der Waals surface area contributed by atoms with Crippen LogP contribution >= 0.6 is 0 Å². The molecule has 0 unspecified atom stereocenters. The molecule has 0 spiro atoms. The second-order valence-electron chi connectivity index (χ2n) is 4.89. The van der Waals surface area contributed by atoms with E-state index in [0.717, 1.165) is 28.7 Å². The van der Waals surface area contributed by atoms with Gasteiger partial charge in [-0.25, -0.2) is 0 Å². The van der Waals surface area contributed by atoms with Gasteiger partial charge >= 0.3 is 6.18 Å². The first kappa shape index (κ1) is 15.1. The molecular formula is C17H13F3N2O. The fourth-order valence-corrected chi connectivity index (χ4v) is 2.28. The number of hydrogen-bond acceptors (Lipinski definition) is 3. The number of rotatable bonds is 3. The molecular weight excluding hydrogens is 305 g/mol. The van der Waals surface area contributed by atoms with E-state index in [9.17, 15) is 13.2 Å². The lowest BCUT2D eigenvalue weighted by atomic mass is 10.1. The molecule has 0 fully saturated rings. The first-order valence-electron chi connectivity index (χ1n) is 6.89. The van der Waals surface area contributed by atoms with Crippen molar-refractivity contribution in [3.05, 3.63) is 60.3 Å². The van der Waals surface area contributed by atoms with Gasteiger partial charge in [0.05, 0.1) is 16.8 Å². The van der Waals surface area contributed by atoms with Crippen LogP contribution in [0.15, 0.2) is 54.7 Å². The third-order valence-electron chi connectivity index (χ3n) is 3.41. The first-order chi connectivity index (χ1) is 11.0. The van der Waals surface area contributed by atoms with Crippen LogP contribution in [0.4, 0.5) is 18.9 Å². The summed E-state index contributed by atoms with van der Waals surface area (Å²) in [4.78, 5) is 4.31. The van der Waals surface area contributed by atoms with Crippen molar-refractivity contribution in [3.8, 4) is 11.5 Å². The minimum absolute atomic E-state index is 0.334. The summed E-state index contributed by atoms with van der Waals surface area (Å²) in [5.74, 6) is 0.868. The highest BCUT2D eigenvalue weighted by atomic mass is 19.4. The molecule has 1 aromatic heterocycles. The molecule has 3 rings (SSSR count). The number of fused-ring (bicyclic) bond motifs is 1. The Labute approximate surface area is 130 Å². The summed E-state index contributed by atoms with van der Waals surface area (Å²) in [6.45, 7) is 0. The summed E-state index contributed by atoms with van der Waals surface area (Å²) >= 11 is 0. The molecule has 0 aliphatic carbocycles. The fourth-order valence-electron chi connectivity index (χ4n) is 2.28. The number of nitrogens with zero attached hydrogens (tertiary/aromatic N) is 1. The van der Waals surface area contributed by atoms with Gasteiger partial charge in [-0.3, -0.25) is 4.98 Å². The van der Waals surface area contributed by atoms with E-state index in [0.29, 0.717) is 11.5 Å². The minimum Gasteiger partial charge on any atom is -0.457 e. The van der Waals surface area contributed by atoms with Gasteiger partial charge in [-0.2, -0.15) is 13.2 Å². The summed E-state index contributed by atoms with van der Waals surface area (Å²) in [5.41, 5.74) is 0.877. The normalized spacial score (nSPS) is 11.5. The Hall–Kier alpha value is -2.76. The Balaban J connectivity index is 1.96. The zero-order chi connectivity index (χ0) is 16.4. The van der Waals surface area contributed by atoms with E-state index in [2.05, 4.69) is 10.3 Å². The molecule has 0 atom stereocenters. The van der Waals surface area contributed by atoms with Crippen molar-refractivity contribution in [2.75, 3.05) is 12.4 Å². The van der Waals surface area contributed by atoms with Crippen LogP contribution in [-0.2, 0) is 6.18 Å². The Morgan fingerprint density at radius 3 is 2.39 bits per heavy atom. The van der Waals surface area contributed by atoms with Gasteiger partial charge in [0.2, 0.25) is 0 Å². The number of aromatic nitrogens is 1. The number of pyridine rings is 1. The van der Waals surface area contributed by atoms with Crippen LogP contribution in [0.2, 0.25) is 0 Å². The largest absolute Gasteiger partial charge is 0.457 e. The average Bonchev–Trinajstić information content (AvgIpc) is 2.54. The molecule has 0 amide bonds. The van der Waals surface area contributed by atoms with Crippen molar-refractivity contribution >= 4 is 16.6 Å². The zero-order valence-electron chi connectivity index (χ0n) is 12.2. The van der Waals surface area contributed by atoms with E-state index < -0.39 is 11.7 Å². The molecule has 0 radical (unpaired) electrons. The molecule has 0 saturated carbocycles. The van der Waals surface area contributed by atoms with Crippen LogP contribution in [0.5, 0.6) is 11.5 Å². The lowest BCUT2D eigenvalue weighted by Gasteiger charge is -2.12. The quantitative estimate of drug-likeness (QED) is 0.730. The van der Waals surface area contributed by atoms with Crippen molar-refractivity contribution in [3.63, 3.8) is 0 Å². The summed E-state index contributed by atoms with van der Waals surface area (Å²) in [5, 5.41) is 3.82. The summed E-state index contributed by atoms with van der Waals surface area (Å²) in [6, 6.07) is 11.9. The molecule has 0 aliphatic rings. The maximum atomic E-state index is 12.6. The summed E-state index contributed by atoms with van der Waals surface area (Å²) < 4.78 is 43.5. The molecule has 23 heavy (non-hydrogen) atoms. The predicted octanol–water partition coefficient (Wildman–Crippen LogP) is 5.09. The van der Waals surface area contributed by atoms with Crippen molar-refractivity contribution < 1.29 is 17.9 Å². The van der Waals surface area contributed by atoms with Crippen molar-refractivity contribution in [2.45, 2.75) is 6.18 Å². The van der Waals surface area contributed by atoms with Crippen LogP contribution in [0, 0.1) is 0 Å². The van der Waals surface area contributed by atoms with Gasteiger partial charge in [0.15, 0.2) is 0 Å². The minimum atomic E-state index is -4.36. The molecule has 0 aliphatic heterocycles. The Morgan fingerprint density at radius 1 is 1.00 bits per heavy atom. The van der Waals surface area contributed by atoms with E-state index >= 15 is 0 Å². The highest BCUT2D eigenvalue weighted by Crippen LogP contribution is 2.34. The monoisotopic (exact) mass is 318 g/mol. The SMILES string of the molecule is CNc1cccc2c(Oc3ccc(C(F)(F)F)cc3)ccnc12. The number of anilines is 1. The number of halogens is 3. The molecule has 3 nitrogen and oxygen atoms in total. The Bertz CT molecular complexity index is 829. The second-order valence-corrected chi connectivity index (χ2v) is 4.89. The van der Waals surface area contributed by atoms with Gasteiger partial charge in [-0.1, -0.05) is 6.07 Å². The maximum absolute atomic E-state index is 12.6. The fraction of sp³-hybridized carbons (Fsp3) is 0.118. The van der Waals surface area contributed by atoms with E-state index in [-0.39, 0.29) is 0 Å². The van der Waals surface area contributed by atoms with Crippen molar-refractivity contribution in [1.29, 1.82) is 0 Å². The summed E-state index contributed by atoms with van der Waals surface area (Å²) in [6.07, 6.45) is -2.76. The zero-order valence-corrected chi connectivity index (χ0v) is 12.2. The van der Waals surface area contributed by atoms with Gasteiger partial charge in [-0.05, 0) is 42.5 Å². The molecule has 2 aromatic carbocycles. The van der Waals surface area contributed by atoms with Crippen molar-refractivity contribution in [1.82, 2.24) is 4.98 Å². The smallest absolute Gasteiger partial charge is 0.416 e. The third kappa shape index (κ3) is 3.06. The van der Waals surface area contributed by atoms with Gasteiger partial charge in [0.25, 0.3) is 0 Å². The number of benzene rings is 2. The van der Waals surface area contributed by atoms with E-state index in [4.69, 9.17) is 4.74 Å². The number of hydrogen-bond donors (Lipinski definition) is 1. The highest BCUT2D eigenvalue weighted by molar-refractivity contribution is 5.94. The van der Waals surface area contributed by atoms with Crippen LogP contribution < -0.4 is 10.1 Å². The van der Waals surface area contributed by atoms with Crippen LogP contribution in [-0.4, -0.2) is 12.0 Å². The Morgan fingerprint density at radius 2 is 1.74 bits per heavy atom. The molecule has 1 N–H and O–H groups in total. The third-order valence-corrected chi connectivity index (χ3v) is 3.41.